The minimum absolute atomic E-state index is 0.0200. The second kappa shape index (κ2) is 5.41. The van der Waals surface area contributed by atoms with Gasteiger partial charge in [-0.25, -0.2) is 0 Å². The molecule has 0 radical (unpaired) electrons. The Balaban J connectivity index is 2.03. The molecule has 0 bridgehead atoms. The molecular formula is C14H22N2OS. The standard InChI is InChI=1S/C14H22N2OS/c1-14(2,15)9-16-13(17)12-8-10-6-4-3-5-7-11(10)18-12/h8H,3-7,9,15H2,1-2H3,(H,16,17). The Morgan fingerprint density at radius 2 is 2.11 bits per heavy atom. The average Bonchev–Trinajstić information content (AvgIpc) is 2.57. The second-order valence-corrected chi connectivity index (χ2v) is 6.93. The summed E-state index contributed by atoms with van der Waals surface area (Å²) < 4.78 is 0. The van der Waals surface area contributed by atoms with Gasteiger partial charge in [-0.1, -0.05) is 6.42 Å². The molecule has 1 aromatic heterocycles. The molecule has 1 aromatic rings. The first-order valence-electron chi connectivity index (χ1n) is 6.64. The molecule has 3 nitrogen and oxygen atoms in total. The highest BCUT2D eigenvalue weighted by atomic mass is 32.1. The van der Waals surface area contributed by atoms with Crippen molar-refractivity contribution < 1.29 is 4.79 Å². The van der Waals surface area contributed by atoms with Crippen LogP contribution in [0.2, 0.25) is 0 Å². The molecule has 2 rings (SSSR count). The summed E-state index contributed by atoms with van der Waals surface area (Å²) in [5.41, 5.74) is 6.90. The van der Waals surface area contributed by atoms with Crippen LogP contribution in [0.1, 0.15) is 53.2 Å². The quantitative estimate of drug-likeness (QED) is 0.826. The Kier molecular flexibility index (Phi) is 4.07. The lowest BCUT2D eigenvalue weighted by atomic mass is 10.1. The minimum atomic E-state index is -0.357. The van der Waals surface area contributed by atoms with E-state index in [1.165, 1.54) is 29.7 Å². The highest BCUT2D eigenvalue weighted by Gasteiger charge is 2.18. The van der Waals surface area contributed by atoms with Gasteiger partial charge in [-0.2, -0.15) is 0 Å². The van der Waals surface area contributed by atoms with E-state index >= 15 is 0 Å². The number of amides is 1. The fourth-order valence-electron chi connectivity index (χ4n) is 2.17. The molecular weight excluding hydrogens is 244 g/mol. The topological polar surface area (TPSA) is 55.1 Å². The summed E-state index contributed by atoms with van der Waals surface area (Å²) in [6.07, 6.45) is 6.08. The van der Waals surface area contributed by atoms with E-state index in [1.807, 2.05) is 13.8 Å². The van der Waals surface area contributed by atoms with E-state index in [4.69, 9.17) is 5.73 Å². The highest BCUT2D eigenvalue weighted by Crippen LogP contribution is 2.28. The van der Waals surface area contributed by atoms with E-state index in [2.05, 4.69) is 11.4 Å². The maximum atomic E-state index is 12.0. The zero-order valence-electron chi connectivity index (χ0n) is 11.2. The number of carbonyl (C=O) groups is 1. The summed E-state index contributed by atoms with van der Waals surface area (Å²) in [5.74, 6) is 0.0200. The number of nitrogens with one attached hydrogen (secondary N) is 1. The predicted octanol–water partition coefficient (Wildman–Crippen LogP) is 2.48. The third-order valence-electron chi connectivity index (χ3n) is 3.17. The van der Waals surface area contributed by atoms with E-state index < -0.39 is 0 Å². The summed E-state index contributed by atoms with van der Waals surface area (Å²) >= 11 is 1.65. The highest BCUT2D eigenvalue weighted by molar-refractivity contribution is 7.14. The van der Waals surface area contributed by atoms with Crippen molar-refractivity contribution in [1.29, 1.82) is 0 Å². The van der Waals surface area contributed by atoms with Crippen molar-refractivity contribution >= 4 is 17.2 Å². The van der Waals surface area contributed by atoms with Crippen LogP contribution in [0.25, 0.3) is 0 Å². The third-order valence-corrected chi connectivity index (χ3v) is 4.41. The maximum absolute atomic E-state index is 12.0. The molecule has 1 aliphatic carbocycles. The van der Waals surface area contributed by atoms with Crippen molar-refractivity contribution in [2.45, 2.75) is 51.5 Å². The summed E-state index contributed by atoms with van der Waals surface area (Å²) in [6.45, 7) is 4.34. The summed E-state index contributed by atoms with van der Waals surface area (Å²) in [4.78, 5) is 14.3. The van der Waals surface area contributed by atoms with Crippen LogP contribution in [-0.2, 0) is 12.8 Å². The number of fused-ring (bicyclic) bond motifs is 1. The number of thiophene rings is 1. The van der Waals surface area contributed by atoms with Crippen molar-refractivity contribution in [1.82, 2.24) is 5.32 Å². The normalized spacial score (nSPS) is 15.9. The molecule has 1 aliphatic rings. The Morgan fingerprint density at radius 1 is 1.39 bits per heavy atom. The number of carbonyl (C=O) groups excluding carboxylic acids is 1. The summed E-state index contributed by atoms with van der Waals surface area (Å²) in [5, 5.41) is 2.91. The lowest BCUT2D eigenvalue weighted by Gasteiger charge is -2.18. The smallest absolute Gasteiger partial charge is 0.261 e. The monoisotopic (exact) mass is 266 g/mol. The molecule has 18 heavy (non-hydrogen) atoms. The first-order chi connectivity index (χ1) is 8.46. The van der Waals surface area contributed by atoms with Gasteiger partial charge in [0.05, 0.1) is 4.88 Å². The molecule has 0 saturated heterocycles. The number of nitrogens with two attached hydrogens (primary N) is 1. The molecule has 1 amide bonds. The van der Waals surface area contributed by atoms with E-state index in [0.717, 1.165) is 17.7 Å². The molecule has 0 atom stereocenters. The third kappa shape index (κ3) is 3.56. The largest absolute Gasteiger partial charge is 0.350 e. The second-order valence-electron chi connectivity index (χ2n) is 5.79. The van der Waals surface area contributed by atoms with Gasteiger partial charge in [0.2, 0.25) is 0 Å². The lowest BCUT2D eigenvalue weighted by molar-refractivity contribution is 0.0950. The minimum Gasteiger partial charge on any atom is -0.350 e. The van der Waals surface area contributed by atoms with Crippen molar-refractivity contribution in [2.75, 3.05) is 6.54 Å². The van der Waals surface area contributed by atoms with Crippen molar-refractivity contribution in [3.05, 3.63) is 21.4 Å². The molecule has 0 aromatic carbocycles. The molecule has 100 valence electrons. The summed E-state index contributed by atoms with van der Waals surface area (Å²) in [7, 11) is 0. The molecule has 1 heterocycles. The van der Waals surface area contributed by atoms with E-state index in [9.17, 15) is 4.79 Å². The fraction of sp³-hybridized carbons (Fsp3) is 0.643. The van der Waals surface area contributed by atoms with Crippen molar-refractivity contribution in [2.24, 2.45) is 5.73 Å². The molecule has 0 aliphatic heterocycles. The van der Waals surface area contributed by atoms with Gasteiger partial charge in [-0.15, -0.1) is 11.3 Å². The molecule has 3 N–H and O–H groups in total. The van der Waals surface area contributed by atoms with Crippen LogP contribution in [0.5, 0.6) is 0 Å². The Labute approximate surface area is 113 Å². The summed E-state index contributed by atoms with van der Waals surface area (Å²) in [6, 6.07) is 2.07. The lowest BCUT2D eigenvalue weighted by Crippen LogP contribution is -2.44. The van der Waals surface area contributed by atoms with Crippen LogP contribution in [0.15, 0.2) is 6.07 Å². The van der Waals surface area contributed by atoms with Crippen LogP contribution >= 0.6 is 11.3 Å². The SMILES string of the molecule is CC(C)(N)CNC(=O)c1cc2c(s1)CCCCC2. The molecule has 4 heteroatoms. The van der Waals surface area contributed by atoms with Crippen LogP contribution in [0.3, 0.4) is 0 Å². The first kappa shape index (κ1) is 13.6. The Bertz CT molecular complexity index is 408. The Hall–Kier alpha value is -0.870. The van der Waals surface area contributed by atoms with E-state index in [0.29, 0.717) is 6.54 Å². The van der Waals surface area contributed by atoms with Gasteiger partial charge in [0, 0.05) is 17.0 Å². The van der Waals surface area contributed by atoms with Crippen molar-refractivity contribution in [3.63, 3.8) is 0 Å². The predicted molar refractivity (Wildman–Crippen MR) is 76.2 cm³/mol. The number of hydrogen-bond acceptors (Lipinski definition) is 3. The zero-order chi connectivity index (χ0) is 13.2. The van der Waals surface area contributed by atoms with Gasteiger partial charge >= 0.3 is 0 Å². The average molecular weight is 266 g/mol. The van der Waals surface area contributed by atoms with Gasteiger partial charge in [-0.3, -0.25) is 4.79 Å². The molecule has 0 spiro atoms. The van der Waals surface area contributed by atoms with Crippen LogP contribution < -0.4 is 11.1 Å². The Morgan fingerprint density at radius 3 is 2.83 bits per heavy atom. The van der Waals surface area contributed by atoms with E-state index in [1.54, 1.807) is 11.3 Å². The number of hydrogen-bond donors (Lipinski definition) is 2. The maximum Gasteiger partial charge on any atom is 0.261 e. The zero-order valence-corrected chi connectivity index (χ0v) is 12.0. The number of rotatable bonds is 3. The van der Waals surface area contributed by atoms with Gasteiger partial charge in [0.15, 0.2) is 0 Å². The number of aryl methyl sites for hydroxylation is 2. The van der Waals surface area contributed by atoms with Gasteiger partial charge in [0.1, 0.15) is 0 Å². The first-order valence-corrected chi connectivity index (χ1v) is 7.46. The molecule has 0 saturated carbocycles. The molecule has 0 unspecified atom stereocenters. The van der Waals surface area contributed by atoms with Gasteiger partial charge in [-0.05, 0) is 51.2 Å². The van der Waals surface area contributed by atoms with Gasteiger partial charge in [0.25, 0.3) is 5.91 Å². The fourth-order valence-corrected chi connectivity index (χ4v) is 3.34. The van der Waals surface area contributed by atoms with Crippen LogP contribution in [0, 0.1) is 0 Å². The van der Waals surface area contributed by atoms with Crippen LogP contribution in [0.4, 0.5) is 0 Å². The van der Waals surface area contributed by atoms with E-state index in [-0.39, 0.29) is 11.4 Å². The van der Waals surface area contributed by atoms with Crippen molar-refractivity contribution in [3.8, 4) is 0 Å². The van der Waals surface area contributed by atoms with Gasteiger partial charge < -0.3 is 11.1 Å². The van der Waals surface area contributed by atoms with Crippen LogP contribution in [-0.4, -0.2) is 18.0 Å². The molecule has 0 fully saturated rings.